The van der Waals surface area contributed by atoms with E-state index in [1.54, 1.807) is 35.6 Å². The summed E-state index contributed by atoms with van der Waals surface area (Å²) in [7, 11) is -3.80. The second-order valence-electron chi connectivity index (χ2n) is 8.10. The predicted molar refractivity (Wildman–Crippen MR) is 129 cm³/mol. The van der Waals surface area contributed by atoms with Crippen LogP contribution in [0.4, 0.5) is 5.69 Å². The Morgan fingerprint density at radius 2 is 1.72 bits per heavy atom. The molecule has 6 nitrogen and oxygen atoms in total. The number of carbonyl (C=O) groups is 1. The molecule has 32 heavy (non-hydrogen) atoms. The molecule has 0 unspecified atom stereocenters. The summed E-state index contributed by atoms with van der Waals surface area (Å²) in [6.45, 7) is 7.54. The van der Waals surface area contributed by atoms with Crippen molar-refractivity contribution in [3.8, 4) is 0 Å². The highest BCUT2D eigenvalue weighted by molar-refractivity contribution is 7.92. The van der Waals surface area contributed by atoms with E-state index in [4.69, 9.17) is 0 Å². The summed E-state index contributed by atoms with van der Waals surface area (Å²) in [4.78, 5) is 18.8. The van der Waals surface area contributed by atoms with E-state index in [1.165, 1.54) is 10.9 Å². The summed E-state index contributed by atoms with van der Waals surface area (Å²) in [6, 6.07) is 16.1. The fourth-order valence-corrected chi connectivity index (χ4v) is 5.57. The van der Waals surface area contributed by atoms with Crippen molar-refractivity contribution in [2.75, 3.05) is 30.9 Å². The van der Waals surface area contributed by atoms with Crippen LogP contribution in [0.3, 0.4) is 0 Å². The molecule has 0 atom stereocenters. The van der Waals surface area contributed by atoms with Crippen LogP contribution in [-0.4, -0.2) is 50.3 Å². The number of thiophene rings is 1. The average Bonchev–Trinajstić information content (AvgIpc) is 3.28. The van der Waals surface area contributed by atoms with Gasteiger partial charge in [0.05, 0.1) is 4.90 Å². The number of rotatable bonds is 6. The predicted octanol–water partition coefficient (Wildman–Crippen LogP) is 4.12. The molecule has 1 aromatic heterocycles. The van der Waals surface area contributed by atoms with Crippen molar-refractivity contribution in [1.29, 1.82) is 0 Å². The van der Waals surface area contributed by atoms with Gasteiger partial charge in [-0.2, -0.15) is 0 Å². The van der Waals surface area contributed by atoms with Gasteiger partial charge in [0.25, 0.3) is 15.9 Å². The number of hydrogen-bond acceptors (Lipinski definition) is 5. The summed E-state index contributed by atoms with van der Waals surface area (Å²) in [5.41, 5.74) is 2.74. The van der Waals surface area contributed by atoms with Crippen LogP contribution in [0.2, 0.25) is 0 Å². The van der Waals surface area contributed by atoms with Crippen molar-refractivity contribution >= 4 is 33.0 Å². The Labute approximate surface area is 193 Å². The van der Waals surface area contributed by atoms with Gasteiger partial charge >= 0.3 is 0 Å². The molecule has 2 heterocycles. The maximum absolute atomic E-state index is 13.2. The van der Waals surface area contributed by atoms with Gasteiger partial charge in [0, 0.05) is 48.9 Å². The maximum Gasteiger partial charge on any atom is 0.261 e. The highest BCUT2D eigenvalue weighted by Crippen LogP contribution is 2.22. The first-order chi connectivity index (χ1) is 15.3. The van der Waals surface area contributed by atoms with Gasteiger partial charge in [0.1, 0.15) is 0 Å². The van der Waals surface area contributed by atoms with Crippen molar-refractivity contribution in [3.63, 3.8) is 0 Å². The summed E-state index contributed by atoms with van der Waals surface area (Å²) >= 11 is 1.74. The Balaban J connectivity index is 1.46. The normalized spacial score (nSPS) is 15.0. The molecule has 1 N–H and O–H groups in total. The molecule has 1 aliphatic rings. The van der Waals surface area contributed by atoms with Crippen LogP contribution >= 0.6 is 11.3 Å². The molecule has 0 bridgehead atoms. The second-order valence-corrected chi connectivity index (χ2v) is 10.8. The van der Waals surface area contributed by atoms with Gasteiger partial charge in [-0.05, 0) is 55.1 Å². The molecule has 1 fully saturated rings. The first-order valence-electron chi connectivity index (χ1n) is 10.6. The first kappa shape index (κ1) is 22.5. The molecule has 8 heteroatoms. The van der Waals surface area contributed by atoms with Crippen LogP contribution in [0.5, 0.6) is 0 Å². The molecular formula is C24H27N3O3S2. The maximum atomic E-state index is 13.2. The van der Waals surface area contributed by atoms with Crippen LogP contribution in [0.25, 0.3) is 0 Å². The van der Waals surface area contributed by atoms with E-state index in [1.807, 2.05) is 30.9 Å². The number of anilines is 1. The minimum Gasteiger partial charge on any atom is -0.336 e. The number of hydrogen-bond donors (Lipinski definition) is 1. The van der Waals surface area contributed by atoms with Crippen molar-refractivity contribution in [2.24, 2.45) is 0 Å². The quantitative estimate of drug-likeness (QED) is 0.590. The van der Waals surface area contributed by atoms with Crippen LogP contribution in [-0.2, 0) is 16.6 Å². The molecule has 1 saturated heterocycles. The molecule has 0 spiro atoms. The highest BCUT2D eigenvalue weighted by Gasteiger charge is 2.25. The highest BCUT2D eigenvalue weighted by atomic mass is 32.2. The summed E-state index contributed by atoms with van der Waals surface area (Å²) in [5, 5.41) is 2.08. The topological polar surface area (TPSA) is 69.7 Å². The van der Waals surface area contributed by atoms with Gasteiger partial charge < -0.3 is 4.90 Å². The molecule has 2 aromatic carbocycles. The zero-order chi connectivity index (χ0) is 22.7. The number of amides is 1. The second kappa shape index (κ2) is 9.44. The van der Waals surface area contributed by atoms with Crippen LogP contribution in [0, 0.1) is 13.8 Å². The molecule has 168 valence electrons. The lowest BCUT2D eigenvalue weighted by Crippen LogP contribution is -2.48. The Kier molecular flexibility index (Phi) is 6.64. The molecule has 0 radical (unpaired) electrons. The first-order valence-corrected chi connectivity index (χ1v) is 12.9. The SMILES string of the molecule is Cc1ccc(NS(=O)(=O)c2ccc(C)c(C(=O)N3CCN(Cc4cccs4)CC3)c2)cc1. The zero-order valence-electron chi connectivity index (χ0n) is 18.2. The molecule has 3 aromatic rings. The minimum atomic E-state index is -3.80. The molecule has 1 amide bonds. The van der Waals surface area contributed by atoms with E-state index < -0.39 is 10.0 Å². The minimum absolute atomic E-state index is 0.0864. The largest absolute Gasteiger partial charge is 0.336 e. The summed E-state index contributed by atoms with van der Waals surface area (Å²) < 4.78 is 28.4. The lowest BCUT2D eigenvalue weighted by Gasteiger charge is -2.34. The van der Waals surface area contributed by atoms with Gasteiger partial charge in [0.2, 0.25) is 0 Å². The van der Waals surface area contributed by atoms with Crippen molar-refractivity contribution in [2.45, 2.75) is 25.3 Å². The zero-order valence-corrected chi connectivity index (χ0v) is 19.9. The lowest BCUT2D eigenvalue weighted by molar-refractivity contribution is 0.0628. The molecule has 0 saturated carbocycles. The van der Waals surface area contributed by atoms with Crippen molar-refractivity contribution in [1.82, 2.24) is 9.80 Å². The van der Waals surface area contributed by atoms with Crippen molar-refractivity contribution < 1.29 is 13.2 Å². The average molecular weight is 470 g/mol. The van der Waals surface area contributed by atoms with Gasteiger partial charge in [-0.25, -0.2) is 8.42 Å². The summed E-state index contributed by atoms with van der Waals surface area (Å²) in [6.07, 6.45) is 0. The van der Waals surface area contributed by atoms with Crippen molar-refractivity contribution in [3.05, 3.63) is 81.5 Å². The number of sulfonamides is 1. The fraction of sp³-hybridized carbons (Fsp3) is 0.292. The standard InChI is InChI=1S/C24H27N3O3S2/c1-18-5-8-20(9-6-18)25-32(29,30)22-10-7-19(2)23(16-22)24(28)27-13-11-26(12-14-27)17-21-4-3-15-31-21/h3-10,15-16,25H,11-14,17H2,1-2H3. The van der Waals surface area contributed by atoms with E-state index in [0.29, 0.717) is 24.3 Å². The van der Waals surface area contributed by atoms with Gasteiger partial charge in [-0.3, -0.25) is 14.4 Å². The number of benzene rings is 2. The molecule has 0 aliphatic carbocycles. The van der Waals surface area contributed by atoms with E-state index >= 15 is 0 Å². The smallest absolute Gasteiger partial charge is 0.261 e. The molecule has 4 rings (SSSR count). The Morgan fingerprint density at radius 3 is 2.38 bits per heavy atom. The third kappa shape index (κ3) is 5.20. The third-order valence-corrected chi connectivity index (χ3v) is 7.91. The van der Waals surface area contributed by atoms with Gasteiger partial charge in [-0.15, -0.1) is 11.3 Å². The van der Waals surface area contributed by atoms with Crippen LogP contribution < -0.4 is 4.72 Å². The van der Waals surface area contributed by atoms with E-state index in [9.17, 15) is 13.2 Å². The Hall–Kier alpha value is -2.68. The lowest BCUT2D eigenvalue weighted by atomic mass is 10.1. The summed E-state index contributed by atoms with van der Waals surface area (Å²) in [5.74, 6) is -0.120. The molecule has 1 aliphatic heterocycles. The third-order valence-electron chi connectivity index (χ3n) is 5.67. The number of nitrogens with zero attached hydrogens (tertiary/aromatic N) is 2. The number of aryl methyl sites for hydroxylation is 2. The van der Waals surface area contributed by atoms with E-state index in [0.717, 1.165) is 30.8 Å². The van der Waals surface area contributed by atoms with E-state index in [-0.39, 0.29) is 10.8 Å². The Morgan fingerprint density at radius 1 is 1.00 bits per heavy atom. The van der Waals surface area contributed by atoms with E-state index in [2.05, 4.69) is 27.1 Å². The molecular weight excluding hydrogens is 442 g/mol. The number of piperazine rings is 1. The Bertz CT molecular complexity index is 1180. The van der Waals surface area contributed by atoms with Gasteiger partial charge in [-0.1, -0.05) is 29.8 Å². The van der Waals surface area contributed by atoms with Crippen LogP contribution in [0.1, 0.15) is 26.4 Å². The van der Waals surface area contributed by atoms with Gasteiger partial charge in [0.15, 0.2) is 0 Å². The monoisotopic (exact) mass is 469 g/mol. The number of carbonyl (C=O) groups excluding carboxylic acids is 1. The fourth-order valence-electron chi connectivity index (χ4n) is 3.74. The number of nitrogens with one attached hydrogen (secondary N) is 1. The van der Waals surface area contributed by atoms with Crippen LogP contribution in [0.15, 0.2) is 64.9 Å².